The van der Waals surface area contributed by atoms with Crippen LogP contribution in [0.5, 0.6) is 0 Å². The van der Waals surface area contributed by atoms with Crippen LogP contribution in [0.15, 0.2) is 53.5 Å². The number of hydrogen-bond acceptors (Lipinski definition) is 3. The maximum absolute atomic E-state index is 10.7. The van der Waals surface area contributed by atoms with Crippen molar-refractivity contribution in [2.75, 3.05) is 13.1 Å². The number of nitrogens with zero attached hydrogens (tertiary/aromatic N) is 2. The Labute approximate surface area is 167 Å². The molecule has 1 aromatic heterocycles. The van der Waals surface area contributed by atoms with Gasteiger partial charge in [0.25, 0.3) is 0 Å². The van der Waals surface area contributed by atoms with E-state index in [0.29, 0.717) is 19.0 Å². The van der Waals surface area contributed by atoms with Gasteiger partial charge in [-0.1, -0.05) is 36.4 Å². The van der Waals surface area contributed by atoms with Crippen LogP contribution < -0.4 is 10.6 Å². The first-order valence-electron chi connectivity index (χ1n) is 8.24. The first-order valence-corrected chi connectivity index (χ1v) is 8.24. The number of hydrogen-bond donors (Lipinski definition) is 3. The normalized spacial score (nSPS) is 13.5. The van der Waals surface area contributed by atoms with Crippen molar-refractivity contribution in [2.24, 2.45) is 4.99 Å². The van der Waals surface area contributed by atoms with Gasteiger partial charge < -0.3 is 15.7 Å². The highest BCUT2D eigenvalue weighted by Gasteiger charge is 2.22. The molecule has 0 saturated carbocycles. The molecule has 0 aliphatic heterocycles. The molecule has 0 saturated heterocycles. The summed E-state index contributed by atoms with van der Waals surface area (Å²) in [6, 6.07) is 15.5. The Morgan fingerprint density at radius 1 is 1.12 bits per heavy atom. The van der Waals surface area contributed by atoms with E-state index in [1.807, 2.05) is 62.4 Å². The summed E-state index contributed by atoms with van der Waals surface area (Å²) in [6.07, 6.45) is 0. The summed E-state index contributed by atoms with van der Waals surface area (Å²) in [7, 11) is 0. The van der Waals surface area contributed by atoms with Crippen LogP contribution in [0.1, 0.15) is 30.8 Å². The van der Waals surface area contributed by atoms with Gasteiger partial charge in [0, 0.05) is 12.2 Å². The number of aliphatic hydroxyl groups is 1. The number of halogens is 1. The molecule has 0 bridgehead atoms. The second-order valence-corrected chi connectivity index (χ2v) is 5.96. The Hall–Kier alpha value is -1.67. The van der Waals surface area contributed by atoms with E-state index in [2.05, 4.69) is 20.6 Å². The van der Waals surface area contributed by atoms with Crippen LogP contribution in [0, 0.1) is 6.92 Å². The highest BCUT2D eigenvalue weighted by atomic mass is 127. The SMILES string of the molecule is CCNC(=NCc1cccc(C)n1)NCC(C)(O)c1ccccc1.I. The minimum Gasteiger partial charge on any atom is -0.384 e. The Balaban J connectivity index is 0.00000312. The average molecular weight is 454 g/mol. The van der Waals surface area contributed by atoms with Crippen LogP contribution in [0.2, 0.25) is 0 Å². The van der Waals surface area contributed by atoms with E-state index in [1.54, 1.807) is 6.92 Å². The fourth-order valence-electron chi connectivity index (χ4n) is 2.34. The van der Waals surface area contributed by atoms with Gasteiger partial charge in [0.1, 0.15) is 5.60 Å². The lowest BCUT2D eigenvalue weighted by molar-refractivity contribution is 0.0617. The third-order valence-electron chi connectivity index (χ3n) is 3.69. The zero-order chi connectivity index (χ0) is 17.4. The van der Waals surface area contributed by atoms with Crippen molar-refractivity contribution < 1.29 is 5.11 Å². The molecule has 136 valence electrons. The van der Waals surface area contributed by atoms with Crippen molar-refractivity contribution in [3.8, 4) is 0 Å². The molecule has 3 N–H and O–H groups in total. The van der Waals surface area contributed by atoms with Crippen molar-refractivity contribution in [1.82, 2.24) is 15.6 Å². The number of rotatable bonds is 6. The van der Waals surface area contributed by atoms with E-state index in [4.69, 9.17) is 0 Å². The van der Waals surface area contributed by atoms with E-state index in [9.17, 15) is 5.11 Å². The Kier molecular flexibility index (Phi) is 8.85. The monoisotopic (exact) mass is 454 g/mol. The molecule has 1 atom stereocenters. The fourth-order valence-corrected chi connectivity index (χ4v) is 2.34. The number of aryl methyl sites for hydroxylation is 1. The maximum Gasteiger partial charge on any atom is 0.191 e. The molecule has 1 heterocycles. The maximum atomic E-state index is 10.7. The van der Waals surface area contributed by atoms with Crippen molar-refractivity contribution >= 4 is 29.9 Å². The number of benzene rings is 1. The first-order chi connectivity index (χ1) is 11.5. The Bertz CT molecular complexity index is 674. The van der Waals surface area contributed by atoms with E-state index in [1.165, 1.54) is 0 Å². The third kappa shape index (κ3) is 6.99. The van der Waals surface area contributed by atoms with Crippen molar-refractivity contribution in [1.29, 1.82) is 0 Å². The number of nitrogens with one attached hydrogen (secondary N) is 2. The number of guanidine groups is 1. The minimum absolute atomic E-state index is 0. The van der Waals surface area contributed by atoms with Gasteiger partial charge in [0.05, 0.1) is 18.8 Å². The second-order valence-electron chi connectivity index (χ2n) is 5.96. The van der Waals surface area contributed by atoms with E-state index < -0.39 is 5.60 Å². The van der Waals surface area contributed by atoms with Crippen LogP contribution in [0.4, 0.5) is 0 Å². The standard InChI is InChI=1S/C19H26N4O.HI/c1-4-20-18(21-13-17-12-8-9-15(2)23-17)22-14-19(3,24)16-10-6-5-7-11-16;/h5-12,24H,4,13-14H2,1-3H3,(H2,20,21,22);1H. The summed E-state index contributed by atoms with van der Waals surface area (Å²) >= 11 is 0. The molecular weight excluding hydrogens is 427 g/mol. The predicted molar refractivity (Wildman–Crippen MR) is 113 cm³/mol. The van der Waals surface area contributed by atoms with Crippen molar-refractivity contribution in [3.05, 3.63) is 65.5 Å². The summed E-state index contributed by atoms with van der Waals surface area (Å²) in [5, 5.41) is 17.1. The first kappa shape index (κ1) is 21.4. The summed E-state index contributed by atoms with van der Waals surface area (Å²) < 4.78 is 0. The summed E-state index contributed by atoms with van der Waals surface area (Å²) in [6.45, 7) is 7.38. The van der Waals surface area contributed by atoms with Crippen LogP contribution in [-0.4, -0.2) is 29.1 Å². The van der Waals surface area contributed by atoms with E-state index >= 15 is 0 Å². The summed E-state index contributed by atoms with van der Waals surface area (Å²) in [4.78, 5) is 8.99. The Morgan fingerprint density at radius 2 is 1.84 bits per heavy atom. The molecule has 5 nitrogen and oxygen atoms in total. The van der Waals surface area contributed by atoms with Gasteiger partial charge in [0.15, 0.2) is 5.96 Å². The molecule has 0 radical (unpaired) electrons. The molecular formula is C19H27IN4O. The molecule has 0 amide bonds. The lowest BCUT2D eigenvalue weighted by Crippen LogP contribution is -2.44. The summed E-state index contributed by atoms with van der Waals surface area (Å²) in [5.41, 5.74) is 1.79. The molecule has 0 aliphatic carbocycles. The van der Waals surface area contributed by atoms with Gasteiger partial charge in [-0.2, -0.15) is 0 Å². The minimum atomic E-state index is -0.973. The van der Waals surface area contributed by atoms with Crippen molar-refractivity contribution in [3.63, 3.8) is 0 Å². The van der Waals surface area contributed by atoms with Crippen LogP contribution >= 0.6 is 24.0 Å². The molecule has 0 fully saturated rings. The lowest BCUT2D eigenvalue weighted by atomic mass is 9.96. The number of aliphatic imine (C=N–C) groups is 1. The smallest absolute Gasteiger partial charge is 0.191 e. The van der Waals surface area contributed by atoms with E-state index in [0.717, 1.165) is 23.5 Å². The molecule has 6 heteroatoms. The molecule has 25 heavy (non-hydrogen) atoms. The molecule has 0 aliphatic rings. The van der Waals surface area contributed by atoms with Crippen LogP contribution in [0.3, 0.4) is 0 Å². The van der Waals surface area contributed by atoms with Gasteiger partial charge in [-0.25, -0.2) is 4.99 Å². The van der Waals surface area contributed by atoms with Gasteiger partial charge in [-0.3, -0.25) is 4.98 Å². The summed E-state index contributed by atoms with van der Waals surface area (Å²) in [5.74, 6) is 0.664. The average Bonchev–Trinajstić information content (AvgIpc) is 2.58. The zero-order valence-corrected chi connectivity index (χ0v) is 17.3. The predicted octanol–water partition coefficient (Wildman–Crippen LogP) is 2.97. The molecule has 1 unspecified atom stereocenters. The fraction of sp³-hybridized carbons (Fsp3) is 0.368. The molecule has 2 rings (SSSR count). The highest BCUT2D eigenvalue weighted by Crippen LogP contribution is 2.18. The third-order valence-corrected chi connectivity index (χ3v) is 3.69. The van der Waals surface area contributed by atoms with Crippen LogP contribution in [-0.2, 0) is 12.1 Å². The Morgan fingerprint density at radius 3 is 2.48 bits per heavy atom. The quantitative estimate of drug-likeness (QED) is 0.357. The second kappa shape index (κ2) is 10.4. The highest BCUT2D eigenvalue weighted by molar-refractivity contribution is 14.0. The number of pyridine rings is 1. The van der Waals surface area contributed by atoms with E-state index in [-0.39, 0.29) is 24.0 Å². The van der Waals surface area contributed by atoms with Crippen LogP contribution in [0.25, 0.3) is 0 Å². The molecule has 0 spiro atoms. The zero-order valence-electron chi connectivity index (χ0n) is 15.0. The lowest BCUT2D eigenvalue weighted by Gasteiger charge is -2.25. The largest absolute Gasteiger partial charge is 0.384 e. The number of aromatic nitrogens is 1. The van der Waals surface area contributed by atoms with Crippen molar-refractivity contribution in [2.45, 2.75) is 32.9 Å². The molecule has 1 aromatic carbocycles. The van der Waals surface area contributed by atoms with Gasteiger partial charge in [-0.05, 0) is 38.5 Å². The topological polar surface area (TPSA) is 69.5 Å². The molecule has 2 aromatic rings. The van der Waals surface area contributed by atoms with Gasteiger partial charge >= 0.3 is 0 Å². The van der Waals surface area contributed by atoms with Gasteiger partial charge in [-0.15, -0.1) is 24.0 Å². The van der Waals surface area contributed by atoms with Gasteiger partial charge in [0.2, 0.25) is 0 Å².